The van der Waals surface area contributed by atoms with E-state index < -0.39 is 0 Å². The number of carbonyl (C=O) groups excluding carboxylic acids is 2. The molecule has 0 radical (unpaired) electrons. The van der Waals surface area contributed by atoms with E-state index in [0.29, 0.717) is 16.6 Å². The molecule has 2 rings (SSSR count). The second-order valence-corrected chi connectivity index (χ2v) is 5.35. The minimum absolute atomic E-state index is 0.0263. The summed E-state index contributed by atoms with van der Waals surface area (Å²) in [5.41, 5.74) is 1.53. The van der Waals surface area contributed by atoms with E-state index in [0.717, 1.165) is 12.0 Å². The van der Waals surface area contributed by atoms with Gasteiger partial charge in [-0.2, -0.15) is 0 Å². The first-order valence-electron chi connectivity index (χ1n) is 6.20. The van der Waals surface area contributed by atoms with Crippen molar-refractivity contribution in [1.82, 2.24) is 0 Å². The molecule has 1 aliphatic carbocycles. The van der Waals surface area contributed by atoms with Gasteiger partial charge in [-0.1, -0.05) is 24.6 Å². The van der Waals surface area contributed by atoms with Gasteiger partial charge < -0.3 is 10.1 Å². The second kappa shape index (κ2) is 5.61. The molecule has 1 amide bonds. The zero-order valence-corrected chi connectivity index (χ0v) is 11.7. The molecule has 0 saturated heterocycles. The van der Waals surface area contributed by atoms with Gasteiger partial charge >= 0.3 is 5.97 Å². The van der Waals surface area contributed by atoms with E-state index in [2.05, 4.69) is 5.32 Å². The summed E-state index contributed by atoms with van der Waals surface area (Å²) in [6, 6.07) is 5.24. The molecule has 2 atom stereocenters. The summed E-state index contributed by atoms with van der Waals surface area (Å²) in [6.45, 7) is 3.61. The van der Waals surface area contributed by atoms with Crippen molar-refractivity contribution in [1.29, 1.82) is 0 Å². The van der Waals surface area contributed by atoms with E-state index in [9.17, 15) is 9.59 Å². The Morgan fingerprint density at radius 1 is 1.47 bits per heavy atom. The summed E-state index contributed by atoms with van der Waals surface area (Å²) in [5, 5.41) is 3.22. The Morgan fingerprint density at radius 3 is 2.74 bits per heavy atom. The van der Waals surface area contributed by atoms with Gasteiger partial charge in [0.05, 0.1) is 5.92 Å². The molecule has 1 N–H and O–H groups in total. The predicted octanol–water partition coefficient (Wildman–Crippen LogP) is 2.79. The number of halogens is 1. The largest absolute Gasteiger partial charge is 0.455 e. The minimum atomic E-state index is -0.360. The number of benzene rings is 1. The molecule has 102 valence electrons. The van der Waals surface area contributed by atoms with E-state index in [4.69, 9.17) is 16.3 Å². The van der Waals surface area contributed by atoms with Crippen molar-refractivity contribution in [3.05, 3.63) is 28.8 Å². The first-order valence-corrected chi connectivity index (χ1v) is 6.58. The van der Waals surface area contributed by atoms with Crippen LogP contribution < -0.4 is 5.32 Å². The normalized spacial score (nSPS) is 20.8. The van der Waals surface area contributed by atoms with Crippen LogP contribution in [0, 0.1) is 18.8 Å². The van der Waals surface area contributed by atoms with Gasteiger partial charge in [-0.3, -0.25) is 9.59 Å². The number of amides is 1. The van der Waals surface area contributed by atoms with Gasteiger partial charge in [-0.15, -0.1) is 0 Å². The Bertz CT molecular complexity index is 515. The molecule has 0 bridgehead atoms. The fourth-order valence-corrected chi connectivity index (χ4v) is 1.94. The lowest BCUT2D eigenvalue weighted by atomic mass is 10.2. The molecule has 1 aliphatic rings. The highest BCUT2D eigenvalue weighted by Gasteiger charge is 2.40. The SMILES string of the molecule is Cc1ccc(NC(=O)COC(=O)C2CC2C)cc1Cl. The Kier molecular flexibility index (Phi) is 4.10. The van der Waals surface area contributed by atoms with Crippen LogP contribution in [-0.2, 0) is 14.3 Å². The number of hydrogen-bond acceptors (Lipinski definition) is 3. The first kappa shape index (κ1) is 13.9. The van der Waals surface area contributed by atoms with E-state index in [1.165, 1.54) is 0 Å². The molecule has 0 spiro atoms. The number of carbonyl (C=O) groups is 2. The van der Waals surface area contributed by atoms with Crippen LogP contribution in [0.3, 0.4) is 0 Å². The Morgan fingerprint density at radius 2 is 2.16 bits per heavy atom. The average molecular weight is 282 g/mol. The molecule has 1 saturated carbocycles. The van der Waals surface area contributed by atoms with Crippen molar-refractivity contribution in [3.63, 3.8) is 0 Å². The van der Waals surface area contributed by atoms with Crippen molar-refractivity contribution >= 4 is 29.2 Å². The number of nitrogens with one attached hydrogen (secondary N) is 1. The molecule has 0 aliphatic heterocycles. The monoisotopic (exact) mass is 281 g/mol. The van der Waals surface area contributed by atoms with E-state index in [-0.39, 0.29) is 24.4 Å². The molecule has 0 aromatic heterocycles. The Labute approximate surface area is 117 Å². The molecular formula is C14H16ClNO3. The van der Waals surface area contributed by atoms with Crippen LogP contribution in [-0.4, -0.2) is 18.5 Å². The van der Waals surface area contributed by atoms with Gasteiger partial charge in [0.1, 0.15) is 0 Å². The number of hydrogen-bond donors (Lipinski definition) is 1. The van der Waals surface area contributed by atoms with Gasteiger partial charge in [-0.25, -0.2) is 0 Å². The predicted molar refractivity (Wildman–Crippen MR) is 73.0 cm³/mol. The molecule has 0 heterocycles. The lowest BCUT2D eigenvalue weighted by Crippen LogP contribution is -2.21. The Hall–Kier alpha value is -1.55. The Balaban J connectivity index is 1.80. The zero-order valence-electron chi connectivity index (χ0n) is 10.9. The maximum absolute atomic E-state index is 11.6. The maximum atomic E-state index is 11.6. The van der Waals surface area contributed by atoms with E-state index >= 15 is 0 Å². The van der Waals surface area contributed by atoms with Gasteiger partial charge in [0.15, 0.2) is 6.61 Å². The van der Waals surface area contributed by atoms with Crippen molar-refractivity contribution in [3.8, 4) is 0 Å². The highest BCUT2D eigenvalue weighted by atomic mass is 35.5. The lowest BCUT2D eigenvalue weighted by molar-refractivity contribution is -0.148. The quantitative estimate of drug-likeness (QED) is 0.864. The maximum Gasteiger partial charge on any atom is 0.309 e. The highest BCUT2D eigenvalue weighted by Crippen LogP contribution is 2.38. The highest BCUT2D eigenvalue weighted by molar-refractivity contribution is 6.31. The molecule has 1 aromatic carbocycles. The standard InChI is InChI=1S/C14H16ClNO3/c1-8-3-4-10(6-12(8)15)16-13(17)7-19-14(18)11-5-9(11)2/h3-4,6,9,11H,5,7H2,1-2H3,(H,16,17). The second-order valence-electron chi connectivity index (χ2n) is 4.94. The fourth-order valence-electron chi connectivity index (χ4n) is 1.76. The van der Waals surface area contributed by atoms with Crippen molar-refractivity contribution in [2.45, 2.75) is 20.3 Å². The summed E-state index contributed by atoms with van der Waals surface area (Å²) in [7, 11) is 0. The molecular weight excluding hydrogens is 266 g/mol. The third-order valence-electron chi connectivity index (χ3n) is 3.21. The van der Waals surface area contributed by atoms with Gasteiger partial charge in [0.2, 0.25) is 0 Å². The van der Waals surface area contributed by atoms with Gasteiger partial charge in [0.25, 0.3) is 5.91 Å². The minimum Gasteiger partial charge on any atom is -0.455 e. The summed E-state index contributed by atoms with van der Waals surface area (Å²) in [6.07, 6.45) is 0.855. The third kappa shape index (κ3) is 3.70. The van der Waals surface area contributed by atoms with Crippen molar-refractivity contribution < 1.29 is 14.3 Å². The molecule has 1 aromatic rings. The number of rotatable bonds is 4. The molecule has 2 unspecified atom stereocenters. The zero-order chi connectivity index (χ0) is 14.0. The topological polar surface area (TPSA) is 55.4 Å². The van der Waals surface area contributed by atoms with E-state index in [1.54, 1.807) is 12.1 Å². The van der Waals surface area contributed by atoms with Gasteiger partial charge in [0, 0.05) is 10.7 Å². The fraction of sp³-hybridized carbons (Fsp3) is 0.429. The molecule has 4 nitrogen and oxygen atoms in total. The average Bonchev–Trinajstić information content (AvgIpc) is 3.08. The first-order chi connectivity index (χ1) is 8.97. The van der Waals surface area contributed by atoms with Crippen LogP contribution in [0.15, 0.2) is 18.2 Å². The number of aryl methyl sites for hydroxylation is 1. The lowest BCUT2D eigenvalue weighted by Gasteiger charge is -2.07. The van der Waals surface area contributed by atoms with Crippen LogP contribution in [0.1, 0.15) is 18.9 Å². The van der Waals surface area contributed by atoms with E-state index in [1.807, 2.05) is 19.9 Å². The van der Waals surface area contributed by atoms with Crippen LogP contribution in [0.5, 0.6) is 0 Å². The summed E-state index contributed by atoms with van der Waals surface area (Å²) < 4.78 is 4.94. The third-order valence-corrected chi connectivity index (χ3v) is 3.62. The van der Waals surface area contributed by atoms with Crippen LogP contribution in [0.2, 0.25) is 5.02 Å². The number of esters is 1. The van der Waals surface area contributed by atoms with Crippen molar-refractivity contribution in [2.75, 3.05) is 11.9 Å². The van der Waals surface area contributed by atoms with Crippen LogP contribution in [0.4, 0.5) is 5.69 Å². The molecule has 1 fully saturated rings. The van der Waals surface area contributed by atoms with Crippen LogP contribution >= 0.6 is 11.6 Å². The summed E-state index contributed by atoms with van der Waals surface area (Å²) in [5.74, 6) is -0.292. The number of ether oxygens (including phenoxy) is 1. The molecule has 19 heavy (non-hydrogen) atoms. The summed E-state index contributed by atoms with van der Waals surface area (Å²) >= 11 is 5.95. The van der Waals surface area contributed by atoms with Crippen LogP contribution in [0.25, 0.3) is 0 Å². The molecule has 5 heteroatoms. The smallest absolute Gasteiger partial charge is 0.309 e. The van der Waals surface area contributed by atoms with Gasteiger partial charge in [-0.05, 0) is 37.0 Å². The summed E-state index contributed by atoms with van der Waals surface area (Å²) in [4.78, 5) is 23.1. The number of anilines is 1. The van der Waals surface area contributed by atoms with Crippen molar-refractivity contribution in [2.24, 2.45) is 11.8 Å².